The minimum atomic E-state index is -5.05. The normalized spacial score (nSPS) is 16.0. The van der Waals surface area contributed by atoms with E-state index in [9.17, 15) is 44.8 Å². The molecule has 2 aliphatic rings. The molecule has 5 rings (SSSR count). The van der Waals surface area contributed by atoms with Crippen LogP contribution in [-0.2, 0) is 31.6 Å². The standard InChI is InChI=1S/C29H25F9N4/c30-27(31,32)22-8-19(9-23(11-22)28(33,34)35)12-41(16-39)15-21-10-20-2-1-3-24(29(36,37)38)25(20)40-26(21)42(13-17-4-5-17)14-18-6-7-18/h1-3,8-11,17-18H,4-7,12-15H2. The topological polar surface area (TPSA) is 43.2 Å². The Balaban J connectivity index is 1.55. The van der Waals surface area contributed by atoms with Crippen LogP contribution in [0, 0.1) is 23.3 Å². The number of hydrogen-bond donors (Lipinski definition) is 0. The second kappa shape index (κ2) is 10.9. The average Bonchev–Trinajstić information content (AvgIpc) is 3.82. The van der Waals surface area contributed by atoms with Crippen molar-refractivity contribution in [2.24, 2.45) is 11.8 Å². The molecule has 3 aromatic rings. The van der Waals surface area contributed by atoms with Gasteiger partial charge in [-0.05, 0) is 73.4 Å². The molecule has 42 heavy (non-hydrogen) atoms. The summed E-state index contributed by atoms with van der Waals surface area (Å²) in [7, 11) is 0. The van der Waals surface area contributed by atoms with Gasteiger partial charge in [-0.25, -0.2) is 4.98 Å². The smallest absolute Gasteiger partial charge is 0.356 e. The highest BCUT2D eigenvalue weighted by atomic mass is 19.4. The van der Waals surface area contributed by atoms with Crippen molar-refractivity contribution in [3.8, 4) is 6.19 Å². The minimum absolute atomic E-state index is 0.0114. The van der Waals surface area contributed by atoms with E-state index in [0.29, 0.717) is 42.6 Å². The maximum Gasteiger partial charge on any atom is 0.418 e. The van der Waals surface area contributed by atoms with Gasteiger partial charge in [0.2, 0.25) is 0 Å². The molecule has 0 radical (unpaired) electrons. The van der Waals surface area contributed by atoms with Crippen LogP contribution in [-0.4, -0.2) is 23.0 Å². The van der Waals surface area contributed by atoms with Gasteiger partial charge < -0.3 is 9.80 Å². The molecule has 0 amide bonds. The van der Waals surface area contributed by atoms with Gasteiger partial charge in [0.25, 0.3) is 0 Å². The summed E-state index contributed by atoms with van der Waals surface area (Å²) in [4.78, 5) is 7.35. The van der Waals surface area contributed by atoms with Crippen molar-refractivity contribution in [1.29, 1.82) is 5.26 Å². The van der Waals surface area contributed by atoms with Crippen LogP contribution < -0.4 is 4.90 Å². The van der Waals surface area contributed by atoms with Crippen molar-refractivity contribution in [2.45, 2.75) is 57.3 Å². The van der Waals surface area contributed by atoms with Gasteiger partial charge >= 0.3 is 18.5 Å². The highest BCUT2D eigenvalue weighted by Gasteiger charge is 2.38. The fraction of sp³-hybridized carbons (Fsp3) is 0.448. The van der Waals surface area contributed by atoms with Gasteiger partial charge in [-0.2, -0.15) is 44.8 Å². The van der Waals surface area contributed by atoms with Crippen LogP contribution in [0.1, 0.15) is 53.5 Å². The second-order valence-corrected chi connectivity index (χ2v) is 11.0. The molecular formula is C29H25F9N4. The number of rotatable bonds is 9. The second-order valence-electron chi connectivity index (χ2n) is 11.0. The third-order valence-electron chi connectivity index (χ3n) is 7.38. The van der Waals surface area contributed by atoms with E-state index in [1.165, 1.54) is 18.2 Å². The van der Waals surface area contributed by atoms with Crippen LogP contribution in [0.25, 0.3) is 10.9 Å². The predicted molar refractivity (Wildman–Crippen MR) is 136 cm³/mol. The Hall–Kier alpha value is -3.69. The van der Waals surface area contributed by atoms with Gasteiger partial charge in [0.05, 0.1) is 35.3 Å². The summed E-state index contributed by atoms with van der Waals surface area (Å²) < 4.78 is 122. The van der Waals surface area contributed by atoms with Gasteiger partial charge in [-0.1, -0.05) is 12.1 Å². The molecule has 0 spiro atoms. The van der Waals surface area contributed by atoms with Crippen LogP contribution in [0.15, 0.2) is 42.5 Å². The maximum atomic E-state index is 13.9. The molecule has 2 aromatic carbocycles. The number of nitriles is 1. The Kier molecular flexibility index (Phi) is 7.70. The summed E-state index contributed by atoms with van der Waals surface area (Å²) in [6.07, 6.45) is -9.13. The molecule has 4 nitrogen and oxygen atoms in total. The quantitative estimate of drug-likeness (QED) is 0.141. The van der Waals surface area contributed by atoms with Gasteiger partial charge in [0.1, 0.15) is 5.82 Å². The van der Waals surface area contributed by atoms with E-state index in [4.69, 9.17) is 0 Å². The lowest BCUT2D eigenvalue weighted by molar-refractivity contribution is -0.143. The first kappa shape index (κ1) is 29.8. The molecule has 0 atom stereocenters. The first-order valence-corrected chi connectivity index (χ1v) is 13.3. The Morgan fingerprint density at radius 1 is 0.762 bits per heavy atom. The summed E-state index contributed by atoms with van der Waals surface area (Å²) in [6, 6.07) is 6.19. The lowest BCUT2D eigenvalue weighted by Crippen LogP contribution is -2.31. The van der Waals surface area contributed by atoms with Gasteiger partial charge in [0, 0.05) is 24.0 Å². The first-order valence-electron chi connectivity index (χ1n) is 13.3. The van der Waals surface area contributed by atoms with Crippen molar-refractivity contribution >= 4 is 16.7 Å². The number of anilines is 1. The largest absolute Gasteiger partial charge is 0.418 e. The van der Waals surface area contributed by atoms with Crippen molar-refractivity contribution in [3.63, 3.8) is 0 Å². The number of nitrogens with zero attached hydrogens (tertiary/aromatic N) is 4. The SMILES string of the molecule is N#CN(Cc1cc(C(F)(F)F)cc(C(F)(F)F)c1)Cc1cc2cccc(C(F)(F)F)c2nc1N(CC1CC1)CC1CC1. The van der Waals surface area contributed by atoms with Gasteiger partial charge in [-0.15, -0.1) is 0 Å². The zero-order chi connectivity index (χ0) is 30.4. The zero-order valence-electron chi connectivity index (χ0n) is 22.0. The highest BCUT2D eigenvalue weighted by molar-refractivity contribution is 5.85. The highest BCUT2D eigenvalue weighted by Crippen LogP contribution is 2.40. The fourth-order valence-corrected chi connectivity index (χ4v) is 4.99. The van der Waals surface area contributed by atoms with E-state index in [1.54, 1.807) is 0 Å². The number of aromatic nitrogens is 1. The molecule has 13 heteroatoms. The van der Waals surface area contributed by atoms with Crippen LogP contribution in [0.5, 0.6) is 0 Å². The van der Waals surface area contributed by atoms with E-state index in [-0.39, 0.29) is 34.9 Å². The average molecular weight is 601 g/mol. The number of benzene rings is 2. The van der Waals surface area contributed by atoms with Crippen molar-refractivity contribution in [3.05, 3.63) is 70.3 Å². The minimum Gasteiger partial charge on any atom is -0.356 e. The summed E-state index contributed by atoms with van der Waals surface area (Å²) in [6.45, 7) is 0.222. The van der Waals surface area contributed by atoms with Crippen molar-refractivity contribution in [1.82, 2.24) is 9.88 Å². The van der Waals surface area contributed by atoms with Crippen molar-refractivity contribution in [2.75, 3.05) is 18.0 Å². The summed E-state index contributed by atoms with van der Waals surface area (Å²) in [5.41, 5.74) is -4.23. The molecule has 2 aliphatic carbocycles. The van der Waals surface area contributed by atoms with E-state index < -0.39 is 41.8 Å². The monoisotopic (exact) mass is 600 g/mol. The summed E-state index contributed by atoms with van der Waals surface area (Å²) in [5, 5.41) is 10.0. The third kappa shape index (κ3) is 7.02. The van der Waals surface area contributed by atoms with Crippen LogP contribution >= 0.6 is 0 Å². The molecule has 2 saturated carbocycles. The molecule has 0 unspecified atom stereocenters. The summed E-state index contributed by atoms with van der Waals surface area (Å²) >= 11 is 0. The number of alkyl halides is 9. The lowest BCUT2D eigenvalue weighted by atomic mass is 10.0. The van der Waals surface area contributed by atoms with Crippen molar-refractivity contribution < 1.29 is 39.5 Å². The maximum absolute atomic E-state index is 13.9. The molecular weight excluding hydrogens is 575 g/mol. The molecule has 0 bridgehead atoms. The fourth-order valence-electron chi connectivity index (χ4n) is 4.99. The lowest BCUT2D eigenvalue weighted by Gasteiger charge is -2.28. The molecule has 0 aliphatic heterocycles. The van der Waals surface area contributed by atoms with Crippen LogP contribution in [0.4, 0.5) is 45.3 Å². The zero-order valence-corrected chi connectivity index (χ0v) is 22.0. The van der Waals surface area contributed by atoms with Crippen LogP contribution in [0.2, 0.25) is 0 Å². The Labute approximate surface area is 235 Å². The Morgan fingerprint density at radius 3 is 1.81 bits per heavy atom. The van der Waals surface area contributed by atoms with E-state index in [0.717, 1.165) is 36.6 Å². The van der Waals surface area contributed by atoms with Crippen LogP contribution in [0.3, 0.4) is 0 Å². The number of pyridine rings is 1. The van der Waals surface area contributed by atoms with E-state index in [2.05, 4.69) is 4.98 Å². The van der Waals surface area contributed by atoms with Gasteiger partial charge in [0.15, 0.2) is 6.19 Å². The van der Waals surface area contributed by atoms with E-state index in [1.807, 2.05) is 11.1 Å². The molecule has 224 valence electrons. The third-order valence-corrected chi connectivity index (χ3v) is 7.38. The number of hydrogen-bond acceptors (Lipinski definition) is 4. The molecule has 0 saturated heterocycles. The predicted octanol–water partition coefficient (Wildman–Crippen LogP) is 8.40. The Morgan fingerprint density at radius 2 is 1.33 bits per heavy atom. The molecule has 1 heterocycles. The van der Waals surface area contributed by atoms with E-state index >= 15 is 0 Å². The number of halogens is 9. The number of para-hydroxylation sites is 1. The molecule has 1 aromatic heterocycles. The number of fused-ring (bicyclic) bond motifs is 1. The Bertz CT molecular complexity index is 1450. The van der Waals surface area contributed by atoms with Gasteiger partial charge in [-0.3, -0.25) is 0 Å². The summed E-state index contributed by atoms with van der Waals surface area (Å²) in [5.74, 6) is 0.910. The first-order chi connectivity index (χ1) is 19.6. The molecule has 2 fully saturated rings. The molecule has 0 N–H and O–H groups in total.